The van der Waals surface area contributed by atoms with Gasteiger partial charge in [0.1, 0.15) is 18.1 Å². The number of hydrogen-bond acceptors (Lipinski definition) is 3. The molecule has 0 radical (unpaired) electrons. The van der Waals surface area contributed by atoms with Crippen molar-refractivity contribution in [3.8, 4) is 11.5 Å². The van der Waals surface area contributed by atoms with Gasteiger partial charge >= 0.3 is 0 Å². The first-order chi connectivity index (χ1) is 12.0. The van der Waals surface area contributed by atoms with Crippen LogP contribution in [0.15, 0.2) is 36.4 Å². The average Bonchev–Trinajstić information content (AvgIpc) is 3.37. The standard InChI is InChI=1S/C21H25NO3/c1-4-24-20-8-5-16(21(23)22-18-6-7-18)12-17(20)13-25-19-10-14(2)9-15(3)11-19/h5,8-12,18H,4,6-7,13H2,1-3H3,(H,22,23). The second-order valence-corrected chi connectivity index (χ2v) is 6.62. The molecule has 0 heterocycles. The van der Waals surface area contributed by atoms with Crippen LogP contribution in [-0.2, 0) is 6.61 Å². The summed E-state index contributed by atoms with van der Waals surface area (Å²) in [4.78, 5) is 12.3. The summed E-state index contributed by atoms with van der Waals surface area (Å²) in [5.74, 6) is 1.56. The molecule has 25 heavy (non-hydrogen) atoms. The highest BCUT2D eigenvalue weighted by molar-refractivity contribution is 5.95. The molecule has 2 aromatic carbocycles. The molecule has 0 bridgehead atoms. The summed E-state index contributed by atoms with van der Waals surface area (Å²) in [5.41, 5.74) is 3.86. The van der Waals surface area contributed by atoms with E-state index in [1.54, 1.807) is 0 Å². The van der Waals surface area contributed by atoms with E-state index in [0.29, 0.717) is 24.8 Å². The molecule has 4 heteroatoms. The predicted molar refractivity (Wildman–Crippen MR) is 98.3 cm³/mol. The van der Waals surface area contributed by atoms with E-state index in [1.807, 2.05) is 51.1 Å². The summed E-state index contributed by atoms with van der Waals surface area (Å²) < 4.78 is 11.6. The Morgan fingerprint density at radius 3 is 2.44 bits per heavy atom. The van der Waals surface area contributed by atoms with Gasteiger partial charge in [0, 0.05) is 17.2 Å². The Kier molecular flexibility index (Phi) is 5.27. The van der Waals surface area contributed by atoms with Gasteiger partial charge in [-0.25, -0.2) is 0 Å². The van der Waals surface area contributed by atoms with E-state index in [1.165, 1.54) is 0 Å². The normalized spacial score (nSPS) is 13.4. The second kappa shape index (κ2) is 7.60. The van der Waals surface area contributed by atoms with Gasteiger partial charge in [0.25, 0.3) is 5.91 Å². The molecule has 0 atom stereocenters. The van der Waals surface area contributed by atoms with Crippen molar-refractivity contribution in [3.63, 3.8) is 0 Å². The fraction of sp³-hybridized carbons (Fsp3) is 0.381. The molecule has 0 saturated heterocycles. The van der Waals surface area contributed by atoms with Crippen LogP contribution in [0.4, 0.5) is 0 Å². The van der Waals surface area contributed by atoms with Crippen LogP contribution in [0.5, 0.6) is 11.5 Å². The number of carbonyl (C=O) groups excluding carboxylic acids is 1. The fourth-order valence-corrected chi connectivity index (χ4v) is 2.80. The highest BCUT2D eigenvalue weighted by atomic mass is 16.5. The molecule has 1 saturated carbocycles. The molecule has 1 amide bonds. The summed E-state index contributed by atoms with van der Waals surface area (Å²) in [6.45, 7) is 6.98. The minimum atomic E-state index is -0.0294. The van der Waals surface area contributed by atoms with Crippen molar-refractivity contribution in [1.82, 2.24) is 5.32 Å². The minimum absolute atomic E-state index is 0.0294. The Morgan fingerprint density at radius 1 is 1.08 bits per heavy atom. The van der Waals surface area contributed by atoms with Crippen molar-refractivity contribution in [3.05, 3.63) is 58.7 Å². The molecule has 3 rings (SSSR count). The smallest absolute Gasteiger partial charge is 0.251 e. The van der Waals surface area contributed by atoms with Gasteiger partial charge in [0.05, 0.1) is 6.61 Å². The van der Waals surface area contributed by atoms with Crippen molar-refractivity contribution < 1.29 is 14.3 Å². The molecule has 1 aliphatic carbocycles. The minimum Gasteiger partial charge on any atom is -0.493 e. The number of carbonyl (C=O) groups is 1. The zero-order valence-corrected chi connectivity index (χ0v) is 15.1. The lowest BCUT2D eigenvalue weighted by atomic mass is 10.1. The molecule has 132 valence electrons. The number of amides is 1. The van der Waals surface area contributed by atoms with Gasteiger partial charge in [-0.1, -0.05) is 6.07 Å². The van der Waals surface area contributed by atoms with Gasteiger partial charge in [-0.2, -0.15) is 0 Å². The molecule has 0 spiro atoms. The number of rotatable bonds is 7. The van der Waals surface area contributed by atoms with Crippen LogP contribution >= 0.6 is 0 Å². The molecular weight excluding hydrogens is 314 g/mol. The van der Waals surface area contributed by atoms with E-state index in [-0.39, 0.29) is 5.91 Å². The molecule has 1 N–H and O–H groups in total. The Balaban J connectivity index is 1.77. The number of ether oxygens (including phenoxy) is 2. The third-order valence-corrected chi connectivity index (χ3v) is 4.12. The van der Waals surface area contributed by atoms with Crippen molar-refractivity contribution in [2.75, 3.05) is 6.61 Å². The molecular formula is C21H25NO3. The molecule has 1 aliphatic rings. The third kappa shape index (κ3) is 4.75. The van der Waals surface area contributed by atoms with Gasteiger partial charge < -0.3 is 14.8 Å². The van der Waals surface area contributed by atoms with Crippen molar-refractivity contribution in [1.29, 1.82) is 0 Å². The number of aryl methyl sites for hydroxylation is 2. The Hall–Kier alpha value is -2.49. The van der Waals surface area contributed by atoms with Crippen LogP contribution in [0, 0.1) is 13.8 Å². The van der Waals surface area contributed by atoms with Crippen molar-refractivity contribution in [2.24, 2.45) is 0 Å². The Bertz CT molecular complexity index is 745. The van der Waals surface area contributed by atoms with Crippen molar-refractivity contribution in [2.45, 2.75) is 46.3 Å². The highest BCUT2D eigenvalue weighted by Gasteiger charge is 2.24. The van der Waals surface area contributed by atoms with E-state index in [0.717, 1.165) is 41.0 Å². The van der Waals surface area contributed by atoms with Crippen LogP contribution in [0.3, 0.4) is 0 Å². The topological polar surface area (TPSA) is 47.6 Å². The fourth-order valence-electron chi connectivity index (χ4n) is 2.80. The zero-order valence-electron chi connectivity index (χ0n) is 15.1. The maximum Gasteiger partial charge on any atom is 0.251 e. The molecule has 0 unspecified atom stereocenters. The summed E-state index contributed by atoms with van der Waals surface area (Å²) in [5, 5.41) is 3.02. The SMILES string of the molecule is CCOc1ccc(C(=O)NC2CC2)cc1COc1cc(C)cc(C)c1. The van der Waals surface area contributed by atoms with Gasteiger partial charge in [-0.3, -0.25) is 4.79 Å². The summed E-state index contributed by atoms with van der Waals surface area (Å²) >= 11 is 0. The van der Waals surface area contributed by atoms with Gasteiger partial charge in [-0.05, 0) is 75.1 Å². The molecule has 0 aliphatic heterocycles. The van der Waals surface area contributed by atoms with Crippen LogP contribution in [0.2, 0.25) is 0 Å². The maximum absolute atomic E-state index is 12.3. The van der Waals surface area contributed by atoms with Crippen LogP contribution < -0.4 is 14.8 Å². The van der Waals surface area contributed by atoms with E-state index >= 15 is 0 Å². The molecule has 4 nitrogen and oxygen atoms in total. The van der Waals surface area contributed by atoms with Crippen molar-refractivity contribution >= 4 is 5.91 Å². The largest absolute Gasteiger partial charge is 0.493 e. The second-order valence-electron chi connectivity index (χ2n) is 6.62. The van der Waals surface area contributed by atoms with Gasteiger partial charge in [0.2, 0.25) is 0 Å². The van der Waals surface area contributed by atoms with Crippen LogP contribution in [0.1, 0.15) is 46.8 Å². The van der Waals surface area contributed by atoms with E-state index in [9.17, 15) is 4.79 Å². The molecule has 0 aromatic heterocycles. The first-order valence-corrected chi connectivity index (χ1v) is 8.83. The first-order valence-electron chi connectivity index (χ1n) is 8.83. The quantitative estimate of drug-likeness (QED) is 0.823. The highest BCUT2D eigenvalue weighted by Crippen LogP contribution is 2.25. The summed E-state index contributed by atoms with van der Waals surface area (Å²) in [7, 11) is 0. The number of nitrogens with one attached hydrogen (secondary N) is 1. The van der Waals surface area contributed by atoms with Gasteiger partial charge in [0.15, 0.2) is 0 Å². The zero-order chi connectivity index (χ0) is 17.8. The monoisotopic (exact) mass is 339 g/mol. The molecule has 2 aromatic rings. The summed E-state index contributed by atoms with van der Waals surface area (Å²) in [6.07, 6.45) is 2.15. The maximum atomic E-state index is 12.3. The Labute approximate surface area is 149 Å². The Morgan fingerprint density at radius 2 is 1.80 bits per heavy atom. The van der Waals surface area contributed by atoms with E-state index in [4.69, 9.17) is 9.47 Å². The third-order valence-electron chi connectivity index (χ3n) is 4.12. The van der Waals surface area contributed by atoms with Crippen LogP contribution in [-0.4, -0.2) is 18.6 Å². The number of hydrogen-bond donors (Lipinski definition) is 1. The summed E-state index contributed by atoms with van der Waals surface area (Å²) in [6, 6.07) is 12.0. The lowest BCUT2D eigenvalue weighted by molar-refractivity contribution is 0.0951. The lowest BCUT2D eigenvalue weighted by Crippen LogP contribution is -2.25. The predicted octanol–water partition coefficient (Wildman–Crippen LogP) is 4.17. The average molecular weight is 339 g/mol. The molecule has 1 fully saturated rings. The van der Waals surface area contributed by atoms with Gasteiger partial charge in [-0.15, -0.1) is 0 Å². The lowest BCUT2D eigenvalue weighted by Gasteiger charge is -2.14. The first kappa shape index (κ1) is 17.3. The van der Waals surface area contributed by atoms with E-state index in [2.05, 4.69) is 11.4 Å². The van der Waals surface area contributed by atoms with E-state index < -0.39 is 0 Å². The van der Waals surface area contributed by atoms with Crippen LogP contribution in [0.25, 0.3) is 0 Å². The number of benzene rings is 2.